The summed E-state index contributed by atoms with van der Waals surface area (Å²) in [4.78, 5) is 65.8. The van der Waals surface area contributed by atoms with Gasteiger partial charge in [-0.3, -0.25) is 24.1 Å². The van der Waals surface area contributed by atoms with Gasteiger partial charge in [0.25, 0.3) is 5.91 Å². The summed E-state index contributed by atoms with van der Waals surface area (Å²) in [5.74, 6) is -1.89. The SMILES string of the molecule is O=C(NC1CCC(=O)N(C(CC2CCCCC2)C(=O)NC(CO)CC2CCNC2=O)C1=O)OCc1ccccc1. The van der Waals surface area contributed by atoms with Crippen molar-refractivity contribution >= 4 is 29.7 Å². The van der Waals surface area contributed by atoms with Crippen molar-refractivity contribution in [1.82, 2.24) is 20.9 Å². The minimum Gasteiger partial charge on any atom is -0.445 e. The van der Waals surface area contributed by atoms with Crippen LogP contribution in [0.1, 0.15) is 69.8 Å². The second-order valence-corrected chi connectivity index (χ2v) is 11.1. The van der Waals surface area contributed by atoms with Gasteiger partial charge in [0.2, 0.25) is 17.7 Å². The first-order chi connectivity index (χ1) is 19.4. The molecule has 0 bridgehead atoms. The highest BCUT2D eigenvalue weighted by Crippen LogP contribution is 2.30. The summed E-state index contributed by atoms with van der Waals surface area (Å²) in [6, 6.07) is 6.37. The number of amides is 5. The highest BCUT2D eigenvalue weighted by molar-refractivity contribution is 6.05. The quantitative estimate of drug-likeness (QED) is 0.303. The number of carbonyl (C=O) groups excluding carboxylic acids is 5. The smallest absolute Gasteiger partial charge is 0.408 e. The number of rotatable bonds is 11. The molecule has 1 aliphatic carbocycles. The van der Waals surface area contributed by atoms with Gasteiger partial charge < -0.3 is 25.8 Å². The largest absolute Gasteiger partial charge is 0.445 e. The Kier molecular flexibility index (Phi) is 10.5. The topological polar surface area (TPSA) is 154 Å². The van der Waals surface area contributed by atoms with Crippen molar-refractivity contribution in [3.63, 3.8) is 0 Å². The molecule has 2 aliphatic heterocycles. The average molecular weight is 557 g/mol. The third-order valence-electron chi connectivity index (χ3n) is 8.15. The molecule has 2 heterocycles. The lowest BCUT2D eigenvalue weighted by Gasteiger charge is -2.38. The summed E-state index contributed by atoms with van der Waals surface area (Å²) in [5, 5.41) is 18.1. The molecule has 0 spiro atoms. The van der Waals surface area contributed by atoms with E-state index in [0.29, 0.717) is 19.4 Å². The molecule has 1 saturated carbocycles. The fraction of sp³-hybridized carbons (Fsp3) is 0.621. The van der Waals surface area contributed by atoms with Crippen LogP contribution < -0.4 is 16.0 Å². The Balaban J connectivity index is 1.45. The standard InChI is InChI=1S/C29H40N4O7/c34-17-22(16-21-13-14-30-26(21)36)31-27(37)24(15-19-7-3-1-4-8-19)33-25(35)12-11-23(28(33)38)32-29(39)40-18-20-9-5-2-6-10-20/h2,5-6,9-10,19,21-24,34H,1,3-4,7-8,11-18H2,(H,30,36)(H,31,37)(H,32,39). The van der Waals surface area contributed by atoms with Gasteiger partial charge in [0, 0.05) is 18.9 Å². The van der Waals surface area contributed by atoms with Crippen LogP contribution in [-0.4, -0.2) is 71.0 Å². The van der Waals surface area contributed by atoms with Gasteiger partial charge in [0.1, 0.15) is 18.7 Å². The molecule has 3 fully saturated rings. The zero-order valence-electron chi connectivity index (χ0n) is 22.8. The lowest BCUT2D eigenvalue weighted by atomic mass is 9.83. The van der Waals surface area contributed by atoms with Crippen molar-refractivity contribution in [3.8, 4) is 0 Å². The molecule has 5 amide bonds. The Morgan fingerprint density at radius 3 is 2.45 bits per heavy atom. The van der Waals surface area contributed by atoms with E-state index in [2.05, 4.69) is 16.0 Å². The highest BCUT2D eigenvalue weighted by Gasteiger charge is 2.43. The molecule has 4 rings (SSSR count). The van der Waals surface area contributed by atoms with E-state index in [0.717, 1.165) is 42.6 Å². The maximum atomic E-state index is 13.6. The van der Waals surface area contributed by atoms with Gasteiger partial charge >= 0.3 is 6.09 Å². The van der Waals surface area contributed by atoms with Crippen molar-refractivity contribution in [3.05, 3.63) is 35.9 Å². The minimum absolute atomic E-state index is 0.00447. The normalized spacial score (nSPS) is 23.3. The van der Waals surface area contributed by atoms with Crippen LogP contribution in [0.25, 0.3) is 0 Å². The van der Waals surface area contributed by atoms with E-state index in [1.165, 1.54) is 0 Å². The summed E-state index contributed by atoms with van der Waals surface area (Å²) in [5.41, 5.74) is 0.794. The fourth-order valence-corrected chi connectivity index (χ4v) is 5.93. The molecule has 4 atom stereocenters. The van der Waals surface area contributed by atoms with Gasteiger partial charge in [-0.25, -0.2) is 4.79 Å². The van der Waals surface area contributed by atoms with Gasteiger partial charge in [-0.05, 0) is 37.2 Å². The van der Waals surface area contributed by atoms with Crippen LogP contribution >= 0.6 is 0 Å². The van der Waals surface area contributed by atoms with Crippen LogP contribution in [0.4, 0.5) is 4.79 Å². The van der Waals surface area contributed by atoms with Gasteiger partial charge in [-0.2, -0.15) is 0 Å². The number of likely N-dealkylation sites (tertiary alicyclic amines) is 1. The Morgan fingerprint density at radius 1 is 1.02 bits per heavy atom. The monoisotopic (exact) mass is 556 g/mol. The number of nitrogens with zero attached hydrogens (tertiary/aromatic N) is 1. The number of aliphatic hydroxyl groups excluding tert-OH is 1. The number of imide groups is 1. The van der Waals surface area contributed by atoms with E-state index in [1.54, 1.807) is 0 Å². The summed E-state index contributed by atoms with van der Waals surface area (Å²) in [6.45, 7) is 0.217. The van der Waals surface area contributed by atoms with E-state index < -0.39 is 41.9 Å². The maximum absolute atomic E-state index is 13.6. The first kappa shape index (κ1) is 29.5. The molecule has 0 aromatic heterocycles. The number of benzene rings is 1. The summed E-state index contributed by atoms with van der Waals surface area (Å²) >= 11 is 0. The third kappa shape index (κ3) is 7.80. The molecular formula is C29H40N4O7. The van der Waals surface area contributed by atoms with Crippen molar-refractivity contribution in [2.24, 2.45) is 11.8 Å². The zero-order valence-corrected chi connectivity index (χ0v) is 22.8. The number of hydrogen-bond donors (Lipinski definition) is 4. The number of piperidine rings is 1. The van der Waals surface area contributed by atoms with Gasteiger partial charge in [-0.1, -0.05) is 62.4 Å². The minimum atomic E-state index is -1.07. The molecule has 218 valence electrons. The first-order valence-corrected chi connectivity index (χ1v) is 14.4. The van der Waals surface area contributed by atoms with Gasteiger partial charge in [-0.15, -0.1) is 0 Å². The molecule has 1 aromatic carbocycles. The number of alkyl carbamates (subject to hydrolysis) is 1. The number of ether oxygens (including phenoxy) is 1. The van der Waals surface area contributed by atoms with Crippen LogP contribution in [0.5, 0.6) is 0 Å². The predicted octanol–water partition coefficient (Wildman–Crippen LogP) is 1.77. The van der Waals surface area contributed by atoms with Crippen LogP contribution in [0, 0.1) is 11.8 Å². The van der Waals surface area contributed by atoms with Crippen molar-refractivity contribution in [1.29, 1.82) is 0 Å². The molecule has 11 nitrogen and oxygen atoms in total. The zero-order chi connectivity index (χ0) is 28.5. The lowest BCUT2D eigenvalue weighted by Crippen LogP contribution is -2.62. The van der Waals surface area contributed by atoms with Gasteiger partial charge in [0.15, 0.2) is 0 Å². The van der Waals surface area contributed by atoms with Crippen molar-refractivity contribution < 1.29 is 33.8 Å². The number of aliphatic hydroxyl groups is 1. The Hall–Kier alpha value is -3.47. The fourth-order valence-electron chi connectivity index (χ4n) is 5.93. The molecule has 11 heteroatoms. The van der Waals surface area contributed by atoms with Crippen LogP contribution in [0.15, 0.2) is 30.3 Å². The van der Waals surface area contributed by atoms with E-state index in [-0.39, 0.29) is 50.2 Å². The molecule has 3 aliphatic rings. The molecule has 1 aromatic rings. The number of carbonyl (C=O) groups is 5. The maximum Gasteiger partial charge on any atom is 0.408 e. The van der Waals surface area contributed by atoms with Crippen molar-refractivity contribution in [2.45, 2.75) is 88.9 Å². The van der Waals surface area contributed by atoms with Crippen molar-refractivity contribution in [2.75, 3.05) is 13.2 Å². The van der Waals surface area contributed by atoms with E-state index in [9.17, 15) is 29.1 Å². The first-order valence-electron chi connectivity index (χ1n) is 14.4. The molecule has 4 unspecified atom stereocenters. The summed E-state index contributed by atoms with van der Waals surface area (Å²) < 4.78 is 5.26. The molecular weight excluding hydrogens is 516 g/mol. The second-order valence-electron chi connectivity index (χ2n) is 11.1. The number of nitrogens with one attached hydrogen (secondary N) is 3. The summed E-state index contributed by atoms with van der Waals surface area (Å²) in [7, 11) is 0. The Labute approximate surface area is 234 Å². The lowest BCUT2D eigenvalue weighted by molar-refractivity contribution is -0.157. The molecule has 2 saturated heterocycles. The summed E-state index contributed by atoms with van der Waals surface area (Å²) in [6.07, 6.45) is 5.49. The average Bonchev–Trinajstić information content (AvgIpc) is 3.37. The van der Waals surface area contributed by atoms with E-state index in [1.807, 2.05) is 30.3 Å². The van der Waals surface area contributed by atoms with Gasteiger partial charge in [0.05, 0.1) is 12.6 Å². The highest BCUT2D eigenvalue weighted by atomic mass is 16.5. The molecule has 4 N–H and O–H groups in total. The van der Waals surface area contributed by atoms with E-state index in [4.69, 9.17) is 4.74 Å². The predicted molar refractivity (Wildman–Crippen MR) is 144 cm³/mol. The Bertz CT molecular complexity index is 1060. The molecule has 40 heavy (non-hydrogen) atoms. The van der Waals surface area contributed by atoms with Crippen LogP contribution in [-0.2, 0) is 30.5 Å². The van der Waals surface area contributed by atoms with E-state index >= 15 is 0 Å². The third-order valence-corrected chi connectivity index (χ3v) is 8.15. The van der Waals surface area contributed by atoms with Crippen LogP contribution in [0.2, 0.25) is 0 Å². The second kappa shape index (κ2) is 14.2. The Morgan fingerprint density at radius 2 is 1.77 bits per heavy atom. The van der Waals surface area contributed by atoms with Crippen LogP contribution in [0.3, 0.4) is 0 Å². The number of hydrogen-bond acceptors (Lipinski definition) is 7. The molecule has 0 radical (unpaired) electrons.